The summed E-state index contributed by atoms with van der Waals surface area (Å²) >= 11 is 0. The number of amides is 2. The smallest absolute Gasteiger partial charge is 0.339 e. The SMILES string of the molecule is C=C(C)COC(=O)c1ccc2c(c1)C(=O)N(c1cccc3c(C(=O)OCC(=C)C)cccc13)C2=O. The van der Waals surface area contributed by atoms with Crippen molar-refractivity contribution >= 4 is 40.2 Å². The second kappa shape index (κ2) is 9.38. The lowest BCUT2D eigenvalue weighted by Gasteiger charge is -2.17. The van der Waals surface area contributed by atoms with Crippen LogP contribution < -0.4 is 4.90 Å². The zero-order valence-electron chi connectivity index (χ0n) is 19.4. The first-order valence-corrected chi connectivity index (χ1v) is 10.9. The van der Waals surface area contributed by atoms with Gasteiger partial charge in [-0.05, 0) is 60.7 Å². The number of rotatable bonds is 7. The van der Waals surface area contributed by atoms with Gasteiger partial charge in [-0.1, -0.05) is 37.4 Å². The van der Waals surface area contributed by atoms with E-state index in [0.29, 0.717) is 33.2 Å². The van der Waals surface area contributed by atoms with Crippen molar-refractivity contribution in [2.45, 2.75) is 13.8 Å². The molecule has 176 valence electrons. The molecule has 1 aliphatic rings. The van der Waals surface area contributed by atoms with Crippen molar-refractivity contribution in [2.24, 2.45) is 0 Å². The van der Waals surface area contributed by atoms with Gasteiger partial charge in [0.2, 0.25) is 0 Å². The second-order valence-corrected chi connectivity index (χ2v) is 8.45. The van der Waals surface area contributed by atoms with Crippen molar-refractivity contribution in [1.29, 1.82) is 0 Å². The van der Waals surface area contributed by atoms with Gasteiger partial charge < -0.3 is 9.47 Å². The maximum Gasteiger partial charge on any atom is 0.339 e. The normalized spacial score (nSPS) is 12.5. The Bertz CT molecular complexity index is 1430. The lowest BCUT2D eigenvalue weighted by Crippen LogP contribution is -2.29. The number of imide groups is 1. The Balaban J connectivity index is 1.71. The Morgan fingerprint density at radius 3 is 2.06 bits per heavy atom. The summed E-state index contributed by atoms with van der Waals surface area (Å²) in [7, 11) is 0. The standard InChI is InChI=1S/C28H23NO6/c1-16(2)14-34-27(32)18-11-12-21-23(13-18)26(31)29(25(21)30)24-10-6-7-19-20(24)8-5-9-22(19)28(33)35-15-17(3)4/h5-13H,1,3,14-15H2,2,4H3. The third-order valence-corrected chi connectivity index (χ3v) is 5.38. The molecular weight excluding hydrogens is 446 g/mol. The molecule has 3 aromatic carbocycles. The van der Waals surface area contributed by atoms with Crippen molar-refractivity contribution in [1.82, 2.24) is 0 Å². The van der Waals surface area contributed by atoms with E-state index < -0.39 is 23.8 Å². The molecule has 0 spiro atoms. The molecule has 0 saturated heterocycles. The van der Waals surface area contributed by atoms with Crippen LogP contribution in [-0.4, -0.2) is 37.0 Å². The summed E-state index contributed by atoms with van der Waals surface area (Å²) in [6.07, 6.45) is 0. The molecule has 1 aliphatic heterocycles. The van der Waals surface area contributed by atoms with Crippen molar-refractivity contribution in [3.8, 4) is 0 Å². The van der Waals surface area contributed by atoms with E-state index in [1.54, 1.807) is 50.2 Å². The molecule has 0 N–H and O–H groups in total. The molecular formula is C28H23NO6. The van der Waals surface area contributed by atoms with Crippen molar-refractivity contribution in [3.05, 3.63) is 101 Å². The number of benzene rings is 3. The first-order chi connectivity index (χ1) is 16.7. The van der Waals surface area contributed by atoms with Gasteiger partial charge in [0.25, 0.3) is 11.8 Å². The fourth-order valence-corrected chi connectivity index (χ4v) is 3.79. The van der Waals surface area contributed by atoms with Gasteiger partial charge in [-0.25, -0.2) is 14.5 Å². The minimum atomic E-state index is -0.613. The molecule has 0 unspecified atom stereocenters. The van der Waals surface area contributed by atoms with E-state index in [1.807, 2.05) is 0 Å². The monoisotopic (exact) mass is 469 g/mol. The Morgan fingerprint density at radius 2 is 1.37 bits per heavy atom. The van der Waals surface area contributed by atoms with Gasteiger partial charge in [-0.15, -0.1) is 0 Å². The number of carbonyl (C=O) groups is 4. The summed E-state index contributed by atoms with van der Waals surface area (Å²) in [5.41, 5.74) is 2.46. The van der Waals surface area contributed by atoms with Gasteiger partial charge in [0.15, 0.2) is 0 Å². The molecule has 0 aliphatic carbocycles. The van der Waals surface area contributed by atoms with Crippen molar-refractivity contribution in [3.63, 3.8) is 0 Å². The number of nitrogens with zero attached hydrogens (tertiary/aromatic N) is 1. The Hall–Kier alpha value is -4.52. The molecule has 4 rings (SSSR count). The van der Waals surface area contributed by atoms with Gasteiger partial charge >= 0.3 is 11.9 Å². The van der Waals surface area contributed by atoms with E-state index in [0.717, 1.165) is 4.90 Å². The van der Waals surface area contributed by atoms with Gasteiger partial charge in [0.1, 0.15) is 13.2 Å². The molecule has 0 bridgehead atoms. The lowest BCUT2D eigenvalue weighted by molar-refractivity contribution is 0.0532. The molecule has 0 atom stereocenters. The molecule has 7 heteroatoms. The quantitative estimate of drug-likeness (QED) is 0.272. The molecule has 0 aromatic heterocycles. The third-order valence-electron chi connectivity index (χ3n) is 5.38. The van der Waals surface area contributed by atoms with E-state index in [1.165, 1.54) is 18.2 Å². The van der Waals surface area contributed by atoms with Crippen LogP contribution in [0.4, 0.5) is 5.69 Å². The summed E-state index contributed by atoms with van der Waals surface area (Å²) in [5.74, 6) is -2.23. The number of fused-ring (bicyclic) bond motifs is 2. The first kappa shape index (κ1) is 23.6. The zero-order chi connectivity index (χ0) is 25.3. The van der Waals surface area contributed by atoms with Crippen LogP contribution in [0.5, 0.6) is 0 Å². The van der Waals surface area contributed by atoms with Crippen molar-refractivity contribution < 1.29 is 28.7 Å². The first-order valence-electron chi connectivity index (χ1n) is 10.9. The third kappa shape index (κ3) is 4.48. The maximum atomic E-state index is 13.3. The van der Waals surface area contributed by atoms with Crippen LogP contribution in [0.25, 0.3) is 10.8 Å². The van der Waals surface area contributed by atoms with Crippen molar-refractivity contribution in [2.75, 3.05) is 18.1 Å². The Labute approximate surface area is 202 Å². The molecule has 0 radical (unpaired) electrons. The number of anilines is 1. The van der Waals surface area contributed by atoms with Crippen LogP contribution in [0.1, 0.15) is 55.3 Å². The number of carbonyl (C=O) groups excluding carboxylic acids is 4. The molecule has 2 amide bonds. The molecule has 0 saturated carbocycles. The summed E-state index contributed by atoms with van der Waals surface area (Å²) in [4.78, 5) is 52.6. The molecule has 1 heterocycles. The molecule has 0 fully saturated rings. The Morgan fingerprint density at radius 1 is 0.771 bits per heavy atom. The average Bonchev–Trinajstić information content (AvgIpc) is 3.09. The molecule has 35 heavy (non-hydrogen) atoms. The summed E-state index contributed by atoms with van der Waals surface area (Å²) in [6.45, 7) is 11.0. The number of hydrogen-bond donors (Lipinski definition) is 0. The van der Waals surface area contributed by atoms with Gasteiger partial charge in [0.05, 0.1) is 27.9 Å². The highest BCUT2D eigenvalue weighted by molar-refractivity contribution is 6.36. The summed E-state index contributed by atoms with van der Waals surface area (Å²) in [5, 5.41) is 1.07. The van der Waals surface area contributed by atoms with E-state index in [-0.39, 0.29) is 29.9 Å². The van der Waals surface area contributed by atoms with E-state index in [9.17, 15) is 19.2 Å². The fraction of sp³-hybridized carbons (Fsp3) is 0.143. The highest BCUT2D eigenvalue weighted by atomic mass is 16.5. The lowest BCUT2D eigenvalue weighted by atomic mass is 10.0. The Kier molecular flexibility index (Phi) is 6.34. The second-order valence-electron chi connectivity index (χ2n) is 8.45. The zero-order valence-corrected chi connectivity index (χ0v) is 19.4. The minimum absolute atomic E-state index is 0.0576. The van der Waals surface area contributed by atoms with Gasteiger partial charge in [-0.2, -0.15) is 0 Å². The number of ether oxygens (including phenoxy) is 2. The number of hydrogen-bond acceptors (Lipinski definition) is 6. The highest BCUT2D eigenvalue weighted by Crippen LogP contribution is 2.35. The van der Waals surface area contributed by atoms with Crippen LogP contribution in [0.15, 0.2) is 78.9 Å². The van der Waals surface area contributed by atoms with Crippen LogP contribution in [0.2, 0.25) is 0 Å². The van der Waals surface area contributed by atoms with Crippen LogP contribution >= 0.6 is 0 Å². The van der Waals surface area contributed by atoms with Gasteiger partial charge in [0, 0.05) is 5.39 Å². The minimum Gasteiger partial charge on any atom is -0.458 e. The number of esters is 2. The van der Waals surface area contributed by atoms with E-state index in [4.69, 9.17) is 9.47 Å². The predicted octanol–water partition coefficient (Wildman–Crippen LogP) is 5.11. The fourth-order valence-electron chi connectivity index (χ4n) is 3.79. The van der Waals surface area contributed by atoms with E-state index >= 15 is 0 Å². The molecule has 3 aromatic rings. The van der Waals surface area contributed by atoms with E-state index in [2.05, 4.69) is 13.2 Å². The maximum absolute atomic E-state index is 13.3. The van der Waals surface area contributed by atoms with Crippen LogP contribution in [0.3, 0.4) is 0 Å². The van der Waals surface area contributed by atoms with Crippen LogP contribution in [-0.2, 0) is 9.47 Å². The summed E-state index contributed by atoms with van der Waals surface area (Å²) in [6, 6.07) is 14.3. The van der Waals surface area contributed by atoms with Gasteiger partial charge in [-0.3, -0.25) is 9.59 Å². The summed E-state index contributed by atoms with van der Waals surface area (Å²) < 4.78 is 10.4. The largest absolute Gasteiger partial charge is 0.458 e. The predicted molar refractivity (Wildman–Crippen MR) is 132 cm³/mol. The molecule has 7 nitrogen and oxygen atoms in total. The average molecular weight is 469 g/mol. The van der Waals surface area contributed by atoms with Crippen LogP contribution in [0, 0.1) is 0 Å². The highest BCUT2D eigenvalue weighted by Gasteiger charge is 2.38. The topological polar surface area (TPSA) is 90.0 Å².